The van der Waals surface area contributed by atoms with Gasteiger partial charge in [0.2, 0.25) is 0 Å². The summed E-state index contributed by atoms with van der Waals surface area (Å²) in [6.07, 6.45) is 6.11. The molecule has 0 aliphatic heterocycles. The highest BCUT2D eigenvalue weighted by molar-refractivity contribution is 6.16. The fraction of sp³-hybridized carbons (Fsp3) is 0.222. The van der Waals surface area contributed by atoms with E-state index in [1.807, 2.05) is 50.3 Å². The lowest BCUT2D eigenvalue weighted by atomic mass is 10.1. The van der Waals surface area contributed by atoms with Crippen LogP contribution >= 0.6 is 0 Å². The Morgan fingerprint density at radius 2 is 1.95 bits per heavy atom. The second-order valence-electron chi connectivity index (χ2n) is 5.40. The molecule has 0 saturated heterocycles. The fourth-order valence-electron chi connectivity index (χ4n) is 2.55. The van der Waals surface area contributed by atoms with E-state index < -0.39 is 0 Å². The standard InChI is InChI=1S/C18H17NO2/c1-12(2)21-17-5-3-4-15-16(17)11-14(18(15)20)10-13-6-8-19-9-7-13/h3-10,12H,11H2,1-2H3. The van der Waals surface area contributed by atoms with Gasteiger partial charge in [-0.3, -0.25) is 9.78 Å². The number of Topliss-reactive ketones (excluding diaryl/α,β-unsaturated/α-hetero) is 1. The smallest absolute Gasteiger partial charge is 0.189 e. The van der Waals surface area contributed by atoms with Crippen LogP contribution in [0.4, 0.5) is 0 Å². The van der Waals surface area contributed by atoms with Crippen molar-refractivity contribution in [2.24, 2.45) is 0 Å². The van der Waals surface area contributed by atoms with Gasteiger partial charge in [0.15, 0.2) is 5.78 Å². The van der Waals surface area contributed by atoms with Crippen LogP contribution in [0.1, 0.15) is 35.3 Å². The summed E-state index contributed by atoms with van der Waals surface area (Å²) < 4.78 is 5.81. The third kappa shape index (κ3) is 2.72. The van der Waals surface area contributed by atoms with E-state index in [4.69, 9.17) is 4.74 Å². The number of nitrogens with zero attached hydrogens (tertiary/aromatic N) is 1. The minimum atomic E-state index is 0.0935. The molecule has 1 heterocycles. The number of rotatable bonds is 3. The third-order valence-corrected chi connectivity index (χ3v) is 3.45. The molecule has 3 rings (SSSR count). The van der Waals surface area contributed by atoms with Crippen LogP contribution in [-0.2, 0) is 6.42 Å². The van der Waals surface area contributed by atoms with Crippen molar-refractivity contribution in [3.05, 3.63) is 65.0 Å². The number of ether oxygens (including phenoxy) is 1. The van der Waals surface area contributed by atoms with Crippen LogP contribution in [0.25, 0.3) is 6.08 Å². The van der Waals surface area contributed by atoms with Gasteiger partial charge in [0.25, 0.3) is 0 Å². The molecular weight excluding hydrogens is 262 g/mol. The molecule has 0 radical (unpaired) electrons. The van der Waals surface area contributed by atoms with Gasteiger partial charge in [0, 0.05) is 35.5 Å². The Labute approximate surface area is 124 Å². The predicted octanol–water partition coefficient (Wildman–Crippen LogP) is 3.69. The van der Waals surface area contributed by atoms with Crippen molar-refractivity contribution in [1.29, 1.82) is 0 Å². The molecule has 0 fully saturated rings. The number of carbonyl (C=O) groups is 1. The van der Waals surface area contributed by atoms with Crippen molar-refractivity contribution in [2.45, 2.75) is 26.4 Å². The van der Waals surface area contributed by atoms with Crippen molar-refractivity contribution >= 4 is 11.9 Å². The van der Waals surface area contributed by atoms with E-state index in [1.165, 1.54) is 0 Å². The minimum absolute atomic E-state index is 0.0935. The molecule has 0 spiro atoms. The molecule has 3 nitrogen and oxygen atoms in total. The van der Waals surface area contributed by atoms with E-state index in [1.54, 1.807) is 12.4 Å². The summed E-state index contributed by atoms with van der Waals surface area (Å²) in [7, 11) is 0. The Bertz CT molecular complexity index is 702. The van der Waals surface area contributed by atoms with E-state index in [-0.39, 0.29) is 11.9 Å². The van der Waals surface area contributed by atoms with Crippen molar-refractivity contribution in [3.8, 4) is 5.75 Å². The van der Waals surface area contributed by atoms with Gasteiger partial charge in [-0.2, -0.15) is 0 Å². The molecule has 0 saturated carbocycles. The second-order valence-corrected chi connectivity index (χ2v) is 5.40. The Morgan fingerprint density at radius 1 is 1.19 bits per heavy atom. The number of hydrogen-bond acceptors (Lipinski definition) is 3. The summed E-state index contributed by atoms with van der Waals surface area (Å²) in [5, 5.41) is 0. The van der Waals surface area contributed by atoms with Crippen LogP contribution in [0.5, 0.6) is 5.75 Å². The number of benzene rings is 1. The number of hydrogen-bond donors (Lipinski definition) is 0. The lowest BCUT2D eigenvalue weighted by Gasteiger charge is -2.12. The quantitative estimate of drug-likeness (QED) is 0.804. The third-order valence-electron chi connectivity index (χ3n) is 3.45. The van der Waals surface area contributed by atoms with Crippen LogP contribution in [0.3, 0.4) is 0 Å². The summed E-state index contributed by atoms with van der Waals surface area (Å²) in [6, 6.07) is 9.48. The molecule has 1 aromatic heterocycles. The van der Waals surface area contributed by atoms with Gasteiger partial charge < -0.3 is 4.74 Å². The molecule has 1 aliphatic rings. The number of allylic oxidation sites excluding steroid dienone is 1. The van der Waals surface area contributed by atoms with E-state index in [0.29, 0.717) is 6.42 Å². The highest BCUT2D eigenvalue weighted by Gasteiger charge is 2.27. The number of fused-ring (bicyclic) bond motifs is 1. The minimum Gasteiger partial charge on any atom is -0.491 e. The van der Waals surface area contributed by atoms with Gasteiger partial charge >= 0.3 is 0 Å². The van der Waals surface area contributed by atoms with Crippen molar-refractivity contribution in [1.82, 2.24) is 4.98 Å². The van der Waals surface area contributed by atoms with Crippen LogP contribution < -0.4 is 4.74 Å². The number of pyridine rings is 1. The van der Waals surface area contributed by atoms with E-state index >= 15 is 0 Å². The van der Waals surface area contributed by atoms with Gasteiger partial charge in [-0.25, -0.2) is 0 Å². The summed E-state index contributed by atoms with van der Waals surface area (Å²) in [6.45, 7) is 3.98. The molecule has 0 atom stereocenters. The monoisotopic (exact) mass is 279 g/mol. The van der Waals surface area contributed by atoms with E-state index in [2.05, 4.69) is 4.98 Å². The molecule has 106 valence electrons. The maximum Gasteiger partial charge on any atom is 0.189 e. The summed E-state index contributed by atoms with van der Waals surface area (Å²) >= 11 is 0. The first-order valence-corrected chi connectivity index (χ1v) is 7.09. The Hall–Kier alpha value is -2.42. The highest BCUT2D eigenvalue weighted by Crippen LogP contribution is 2.34. The first kappa shape index (κ1) is 13.6. The van der Waals surface area contributed by atoms with Gasteiger partial charge in [-0.15, -0.1) is 0 Å². The lowest BCUT2D eigenvalue weighted by molar-refractivity contribution is 0.104. The summed E-state index contributed by atoms with van der Waals surface area (Å²) in [4.78, 5) is 16.5. The Kier molecular flexibility index (Phi) is 3.57. The molecule has 0 amide bonds. The first-order valence-electron chi connectivity index (χ1n) is 7.09. The number of ketones is 1. The highest BCUT2D eigenvalue weighted by atomic mass is 16.5. The Morgan fingerprint density at radius 3 is 2.67 bits per heavy atom. The van der Waals surface area contributed by atoms with Crippen LogP contribution in [0.15, 0.2) is 48.3 Å². The molecule has 1 aromatic carbocycles. The molecular formula is C18H17NO2. The summed E-state index contributed by atoms with van der Waals surface area (Å²) in [5.74, 6) is 0.907. The topological polar surface area (TPSA) is 39.2 Å². The first-order chi connectivity index (χ1) is 10.1. The van der Waals surface area contributed by atoms with Crippen molar-refractivity contribution < 1.29 is 9.53 Å². The van der Waals surface area contributed by atoms with Crippen LogP contribution in [0.2, 0.25) is 0 Å². The largest absolute Gasteiger partial charge is 0.491 e. The molecule has 21 heavy (non-hydrogen) atoms. The van der Waals surface area contributed by atoms with Gasteiger partial charge in [-0.1, -0.05) is 12.1 Å². The predicted molar refractivity (Wildman–Crippen MR) is 82.5 cm³/mol. The maximum atomic E-state index is 12.5. The van der Waals surface area contributed by atoms with E-state index in [0.717, 1.165) is 28.0 Å². The normalized spacial score (nSPS) is 15.6. The van der Waals surface area contributed by atoms with E-state index in [9.17, 15) is 4.79 Å². The van der Waals surface area contributed by atoms with Gasteiger partial charge in [0.05, 0.1) is 6.10 Å². The zero-order valence-corrected chi connectivity index (χ0v) is 12.2. The fourth-order valence-corrected chi connectivity index (χ4v) is 2.55. The summed E-state index contributed by atoms with van der Waals surface area (Å²) in [5.41, 5.74) is 3.55. The van der Waals surface area contributed by atoms with Crippen molar-refractivity contribution in [2.75, 3.05) is 0 Å². The van der Waals surface area contributed by atoms with Crippen LogP contribution in [-0.4, -0.2) is 16.9 Å². The molecule has 0 bridgehead atoms. The molecule has 0 N–H and O–H groups in total. The number of aromatic nitrogens is 1. The zero-order chi connectivity index (χ0) is 14.8. The maximum absolute atomic E-state index is 12.5. The van der Waals surface area contributed by atoms with Gasteiger partial charge in [0.1, 0.15) is 5.75 Å². The molecule has 3 heteroatoms. The SMILES string of the molecule is CC(C)Oc1cccc2c1CC(=Cc1ccncc1)C2=O. The Balaban J connectivity index is 1.97. The molecule has 1 aliphatic carbocycles. The second kappa shape index (κ2) is 5.52. The molecule has 2 aromatic rings. The lowest BCUT2D eigenvalue weighted by Crippen LogP contribution is -2.07. The average Bonchev–Trinajstić information content (AvgIpc) is 2.78. The van der Waals surface area contributed by atoms with Crippen LogP contribution in [0, 0.1) is 0 Å². The number of carbonyl (C=O) groups excluding carboxylic acids is 1. The zero-order valence-electron chi connectivity index (χ0n) is 12.2. The molecule has 0 unspecified atom stereocenters. The average molecular weight is 279 g/mol. The van der Waals surface area contributed by atoms with Gasteiger partial charge in [-0.05, 0) is 43.7 Å². The van der Waals surface area contributed by atoms with Crippen molar-refractivity contribution in [3.63, 3.8) is 0 Å².